The Labute approximate surface area is 170 Å². The van der Waals surface area contributed by atoms with Crippen molar-refractivity contribution in [2.75, 3.05) is 6.54 Å². The summed E-state index contributed by atoms with van der Waals surface area (Å²) in [7, 11) is 0. The third-order valence-corrected chi connectivity index (χ3v) is 5.16. The molecule has 0 aliphatic heterocycles. The van der Waals surface area contributed by atoms with Crippen molar-refractivity contribution in [3.8, 4) is 5.88 Å². The molecule has 0 aliphatic carbocycles. The van der Waals surface area contributed by atoms with Crippen molar-refractivity contribution in [3.63, 3.8) is 0 Å². The average Bonchev–Trinajstić information content (AvgIpc) is 3.22. The van der Waals surface area contributed by atoms with Crippen LogP contribution in [0.2, 0.25) is 0 Å². The van der Waals surface area contributed by atoms with E-state index in [9.17, 15) is 18.0 Å². The lowest BCUT2D eigenvalue weighted by Crippen LogP contribution is -2.28. The lowest BCUT2D eigenvalue weighted by molar-refractivity contribution is -0.136. The lowest BCUT2D eigenvalue weighted by atomic mass is 10.1. The fourth-order valence-electron chi connectivity index (χ4n) is 3.72. The van der Waals surface area contributed by atoms with Gasteiger partial charge in [-0.1, -0.05) is 24.3 Å². The van der Waals surface area contributed by atoms with E-state index in [4.69, 9.17) is 4.74 Å². The summed E-state index contributed by atoms with van der Waals surface area (Å²) in [4.78, 5) is 18.0. The zero-order chi connectivity index (χ0) is 21.5. The number of aromatic amines is 2. The van der Waals surface area contributed by atoms with Crippen LogP contribution in [0.15, 0.2) is 42.5 Å². The fourth-order valence-corrected chi connectivity index (χ4v) is 3.72. The summed E-state index contributed by atoms with van der Waals surface area (Å²) in [6.45, 7) is 3.91. The van der Waals surface area contributed by atoms with Crippen molar-refractivity contribution >= 4 is 27.9 Å². The Kier molecular flexibility index (Phi) is 4.93. The lowest BCUT2D eigenvalue weighted by Gasteiger charge is -2.08. The smallest absolute Gasteiger partial charge is 0.393 e. The first-order chi connectivity index (χ1) is 14.2. The van der Waals surface area contributed by atoms with E-state index in [1.165, 1.54) is 6.07 Å². The Morgan fingerprint density at radius 2 is 1.83 bits per heavy atom. The number of amides is 1. The van der Waals surface area contributed by atoms with Gasteiger partial charge in [0.05, 0.1) is 11.1 Å². The van der Waals surface area contributed by atoms with Crippen LogP contribution in [-0.4, -0.2) is 22.6 Å². The van der Waals surface area contributed by atoms with Gasteiger partial charge in [-0.2, -0.15) is 13.2 Å². The Hall–Kier alpha value is -3.42. The number of aromatic nitrogens is 2. The van der Waals surface area contributed by atoms with E-state index in [1.807, 2.05) is 25.1 Å². The molecule has 156 valence electrons. The highest BCUT2D eigenvalue weighted by Gasteiger charge is 2.33. The minimum Gasteiger partial charge on any atom is -0.393 e. The standard InChI is InChI=1S/C22H20F3N3O2/c1-12-5-3-8-18-16(12)11-19(28-18)30-21(29)26-10-9-14-13(2)27-20-15(14)6-4-7-17(20)22(23,24)25/h3-8,11,27-28H,9-10H2,1-2H3,(H,26,29). The zero-order valence-corrected chi connectivity index (χ0v) is 16.4. The number of para-hydroxylation sites is 1. The molecule has 5 nitrogen and oxygen atoms in total. The van der Waals surface area contributed by atoms with E-state index in [1.54, 1.807) is 19.1 Å². The third kappa shape index (κ3) is 3.72. The number of H-pyrrole nitrogens is 2. The zero-order valence-electron chi connectivity index (χ0n) is 16.4. The fraction of sp³-hybridized carbons (Fsp3) is 0.227. The largest absolute Gasteiger partial charge is 0.418 e. The number of hydrogen-bond donors (Lipinski definition) is 3. The molecule has 1 amide bonds. The molecule has 0 aliphatic rings. The van der Waals surface area contributed by atoms with Crippen LogP contribution in [0.5, 0.6) is 5.88 Å². The van der Waals surface area contributed by atoms with E-state index in [2.05, 4.69) is 15.3 Å². The summed E-state index contributed by atoms with van der Waals surface area (Å²) >= 11 is 0. The van der Waals surface area contributed by atoms with Gasteiger partial charge in [-0.05, 0) is 43.5 Å². The molecule has 30 heavy (non-hydrogen) atoms. The Balaban J connectivity index is 1.44. The van der Waals surface area contributed by atoms with Crippen LogP contribution in [0.25, 0.3) is 21.8 Å². The number of alkyl halides is 3. The number of halogens is 3. The van der Waals surface area contributed by atoms with Crippen molar-refractivity contribution in [2.45, 2.75) is 26.4 Å². The Morgan fingerprint density at radius 3 is 2.57 bits per heavy atom. The molecule has 0 radical (unpaired) electrons. The second-order valence-corrected chi connectivity index (χ2v) is 7.19. The molecule has 0 unspecified atom stereocenters. The van der Waals surface area contributed by atoms with Crippen LogP contribution in [-0.2, 0) is 12.6 Å². The van der Waals surface area contributed by atoms with Gasteiger partial charge in [-0.25, -0.2) is 4.79 Å². The number of carbonyl (C=O) groups is 1. The molecule has 0 spiro atoms. The molecule has 8 heteroatoms. The Bertz CT molecular complexity index is 1240. The third-order valence-electron chi connectivity index (χ3n) is 5.16. The topological polar surface area (TPSA) is 69.9 Å². The predicted octanol–water partition coefficient (Wildman–Crippen LogP) is 5.62. The normalized spacial score (nSPS) is 11.9. The van der Waals surface area contributed by atoms with Gasteiger partial charge in [0.25, 0.3) is 0 Å². The molecule has 3 N–H and O–H groups in total. The minimum atomic E-state index is -4.44. The predicted molar refractivity (Wildman–Crippen MR) is 109 cm³/mol. The van der Waals surface area contributed by atoms with Crippen LogP contribution in [0.3, 0.4) is 0 Å². The summed E-state index contributed by atoms with van der Waals surface area (Å²) in [5.41, 5.74) is 2.67. The highest BCUT2D eigenvalue weighted by molar-refractivity contribution is 5.88. The van der Waals surface area contributed by atoms with Crippen LogP contribution in [0.1, 0.15) is 22.4 Å². The van der Waals surface area contributed by atoms with E-state index < -0.39 is 17.8 Å². The van der Waals surface area contributed by atoms with Crippen molar-refractivity contribution < 1.29 is 22.7 Å². The van der Waals surface area contributed by atoms with Crippen LogP contribution < -0.4 is 10.1 Å². The molecule has 2 aromatic heterocycles. The van der Waals surface area contributed by atoms with Gasteiger partial charge < -0.3 is 20.0 Å². The molecule has 4 aromatic rings. The van der Waals surface area contributed by atoms with Gasteiger partial charge in [-0.15, -0.1) is 0 Å². The summed E-state index contributed by atoms with van der Waals surface area (Å²) in [5, 5.41) is 4.12. The average molecular weight is 415 g/mol. The van der Waals surface area contributed by atoms with Gasteiger partial charge in [0.15, 0.2) is 0 Å². The number of rotatable bonds is 4. The molecule has 0 saturated heterocycles. The first kappa shape index (κ1) is 19.9. The van der Waals surface area contributed by atoms with Gasteiger partial charge in [0, 0.05) is 34.6 Å². The van der Waals surface area contributed by atoms with Crippen molar-refractivity contribution in [3.05, 3.63) is 64.8 Å². The maximum absolute atomic E-state index is 13.2. The van der Waals surface area contributed by atoms with Crippen LogP contribution in [0, 0.1) is 13.8 Å². The molecular weight excluding hydrogens is 395 g/mol. The summed E-state index contributed by atoms with van der Waals surface area (Å²) in [6.07, 6.45) is -4.70. The van der Waals surface area contributed by atoms with Crippen LogP contribution >= 0.6 is 0 Å². The van der Waals surface area contributed by atoms with Crippen molar-refractivity contribution in [2.24, 2.45) is 0 Å². The molecule has 0 saturated carbocycles. The molecular formula is C22H20F3N3O2. The summed E-state index contributed by atoms with van der Waals surface area (Å²) in [5.74, 6) is 0.329. The van der Waals surface area contributed by atoms with Crippen molar-refractivity contribution in [1.82, 2.24) is 15.3 Å². The molecule has 0 atom stereocenters. The quantitative estimate of drug-likeness (QED) is 0.405. The van der Waals surface area contributed by atoms with E-state index in [0.717, 1.165) is 28.1 Å². The number of aryl methyl sites for hydroxylation is 2. The second-order valence-electron chi connectivity index (χ2n) is 7.19. The minimum absolute atomic E-state index is 0.0634. The van der Waals surface area contributed by atoms with Gasteiger partial charge in [0.1, 0.15) is 0 Å². The Morgan fingerprint density at radius 1 is 1.07 bits per heavy atom. The maximum atomic E-state index is 13.2. The van der Waals surface area contributed by atoms with E-state index >= 15 is 0 Å². The van der Waals surface area contributed by atoms with E-state index in [0.29, 0.717) is 23.4 Å². The SMILES string of the molecule is Cc1[nH]c2c(C(F)(F)F)cccc2c1CCNC(=O)Oc1cc2c(C)cccc2[nH]1. The summed E-state index contributed by atoms with van der Waals surface area (Å²) < 4.78 is 45.0. The van der Waals surface area contributed by atoms with E-state index in [-0.39, 0.29) is 12.1 Å². The number of fused-ring (bicyclic) bond motifs is 2. The number of hydrogen-bond acceptors (Lipinski definition) is 2. The first-order valence-corrected chi connectivity index (χ1v) is 9.45. The number of benzene rings is 2. The monoisotopic (exact) mass is 415 g/mol. The van der Waals surface area contributed by atoms with Gasteiger partial charge in [-0.3, -0.25) is 0 Å². The molecule has 4 rings (SSSR count). The molecule has 0 bridgehead atoms. The maximum Gasteiger partial charge on any atom is 0.418 e. The number of nitrogens with one attached hydrogen (secondary N) is 3. The van der Waals surface area contributed by atoms with Crippen molar-refractivity contribution in [1.29, 1.82) is 0 Å². The molecule has 2 heterocycles. The number of carbonyl (C=O) groups excluding carboxylic acids is 1. The highest BCUT2D eigenvalue weighted by Crippen LogP contribution is 2.36. The van der Waals surface area contributed by atoms with Crippen LogP contribution in [0.4, 0.5) is 18.0 Å². The number of ether oxygens (including phenoxy) is 1. The molecule has 2 aromatic carbocycles. The molecule has 0 fully saturated rings. The second kappa shape index (κ2) is 7.44. The summed E-state index contributed by atoms with van der Waals surface area (Å²) in [6, 6.07) is 11.6. The van der Waals surface area contributed by atoms with Gasteiger partial charge in [0.2, 0.25) is 5.88 Å². The van der Waals surface area contributed by atoms with Gasteiger partial charge >= 0.3 is 12.3 Å². The highest BCUT2D eigenvalue weighted by atomic mass is 19.4. The first-order valence-electron chi connectivity index (χ1n) is 9.45.